The number of hydrogen-bond acceptors (Lipinski definition) is 3. The quantitative estimate of drug-likeness (QED) is 0.772. The fourth-order valence-corrected chi connectivity index (χ4v) is 4.13. The second kappa shape index (κ2) is 5.57. The molecule has 2 fully saturated rings. The van der Waals surface area contributed by atoms with E-state index in [2.05, 4.69) is 5.32 Å². The predicted octanol–water partition coefficient (Wildman–Crippen LogP) is 1.99. The molecule has 0 spiro atoms. The van der Waals surface area contributed by atoms with E-state index in [9.17, 15) is 4.79 Å². The van der Waals surface area contributed by atoms with Crippen molar-refractivity contribution in [2.45, 2.75) is 55.7 Å². The molecule has 1 saturated carbocycles. The van der Waals surface area contributed by atoms with Crippen molar-refractivity contribution >= 4 is 34.9 Å². The molecule has 1 unspecified atom stereocenters. The summed E-state index contributed by atoms with van der Waals surface area (Å²) in [5.41, 5.74) is 5.44. The highest BCUT2D eigenvalue weighted by atomic mass is 32.2. The van der Waals surface area contributed by atoms with Crippen LogP contribution >= 0.6 is 24.0 Å². The van der Waals surface area contributed by atoms with Gasteiger partial charge in [0.1, 0.15) is 0 Å². The Kier molecular flexibility index (Phi) is 4.31. The van der Waals surface area contributed by atoms with Crippen molar-refractivity contribution in [3.05, 3.63) is 0 Å². The van der Waals surface area contributed by atoms with Crippen LogP contribution in [0.3, 0.4) is 0 Å². The molecule has 3 N–H and O–H groups in total. The number of carbonyl (C=O) groups excluding carboxylic acids is 1. The Balaban J connectivity index is 1.98. The molecule has 17 heavy (non-hydrogen) atoms. The lowest BCUT2D eigenvalue weighted by atomic mass is 9.97. The highest BCUT2D eigenvalue weighted by Crippen LogP contribution is 2.32. The Labute approximate surface area is 112 Å². The highest BCUT2D eigenvalue weighted by Gasteiger charge is 2.39. The lowest BCUT2D eigenvalue weighted by Gasteiger charge is -2.31. The second-order valence-electron chi connectivity index (χ2n) is 5.00. The van der Waals surface area contributed by atoms with Crippen LogP contribution in [0.1, 0.15) is 44.9 Å². The summed E-state index contributed by atoms with van der Waals surface area (Å²) in [5, 5.41) is 3.24. The number of rotatable bonds is 3. The number of nitrogens with one attached hydrogen (secondary N) is 1. The molecule has 0 aromatic rings. The first-order chi connectivity index (χ1) is 8.14. The van der Waals surface area contributed by atoms with Crippen molar-refractivity contribution in [2.75, 3.05) is 5.75 Å². The molecule has 1 heterocycles. The average molecular weight is 272 g/mol. The van der Waals surface area contributed by atoms with Crippen LogP contribution in [0, 0.1) is 0 Å². The molecule has 0 aromatic carbocycles. The molecule has 1 amide bonds. The summed E-state index contributed by atoms with van der Waals surface area (Å²) < 4.78 is 0. The van der Waals surface area contributed by atoms with Gasteiger partial charge in [0.2, 0.25) is 5.91 Å². The molecule has 96 valence electrons. The van der Waals surface area contributed by atoms with Gasteiger partial charge in [0, 0.05) is 0 Å². The van der Waals surface area contributed by atoms with Gasteiger partial charge in [-0.25, -0.2) is 0 Å². The average Bonchev–Trinajstić information content (AvgIpc) is 2.80. The van der Waals surface area contributed by atoms with Crippen molar-refractivity contribution in [1.82, 2.24) is 5.32 Å². The van der Waals surface area contributed by atoms with Crippen LogP contribution in [0.5, 0.6) is 0 Å². The third kappa shape index (κ3) is 2.94. The van der Waals surface area contributed by atoms with Crippen LogP contribution < -0.4 is 11.1 Å². The Bertz CT molecular complexity index is 308. The van der Waals surface area contributed by atoms with Gasteiger partial charge in [-0.3, -0.25) is 4.79 Å². The number of carbonyl (C=O) groups is 1. The molecule has 0 radical (unpaired) electrons. The lowest BCUT2D eigenvalue weighted by molar-refractivity contribution is -0.121. The molecule has 1 aliphatic carbocycles. The Morgan fingerprint density at radius 2 is 2.00 bits per heavy atom. The largest absolute Gasteiger partial charge is 0.391 e. The van der Waals surface area contributed by atoms with Gasteiger partial charge in [-0.15, -0.1) is 11.8 Å². The minimum Gasteiger partial charge on any atom is -0.391 e. The molecular formula is C12H20N2OS2. The third-order valence-electron chi connectivity index (χ3n) is 3.76. The fraction of sp³-hybridized carbons (Fsp3) is 0.833. The summed E-state index contributed by atoms with van der Waals surface area (Å²) in [4.78, 5) is 12.7. The van der Waals surface area contributed by atoms with Crippen molar-refractivity contribution in [3.8, 4) is 0 Å². The van der Waals surface area contributed by atoms with Gasteiger partial charge >= 0.3 is 0 Å². The first kappa shape index (κ1) is 13.1. The maximum absolute atomic E-state index is 12.2. The Morgan fingerprint density at radius 3 is 2.53 bits per heavy atom. The van der Waals surface area contributed by atoms with Gasteiger partial charge in [-0.2, -0.15) is 0 Å². The minimum atomic E-state index is -0.385. The van der Waals surface area contributed by atoms with Crippen molar-refractivity contribution in [3.63, 3.8) is 0 Å². The predicted molar refractivity (Wildman–Crippen MR) is 76.2 cm³/mol. The van der Waals surface area contributed by atoms with E-state index in [1.807, 2.05) is 0 Å². The van der Waals surface area contributed by atoms with Gasteiger partial charge in [0.05, 0.1) is 15.8 Å². The van der Waals surface area contributed by atoms with Crippen molar-refractivity contribution in [2.24, 2.45) is 5.73 Å². The van der Waals surface area contributed by atoms with Crippen LogP contribution in [-0.2, 0) is 4.79 Å². The summed E-state index contributed by atoms with van der Waals surface area (Å²) in [6, 6.07) is 0. The van der Waals surface area contributed by atoms with E-state index in [1.165, 1.54) is 6.42 Å². The van der Waals surface area contributed by atoms with E-state index in [-0.39, 0.29) is 16.7 Å². The maximum atomic E-state index is 12.2. The summed E-state index contributed by atoms with van der Waals surface area (Å²) in [6.45, 7) is 0. The summed E-state index contributed by atoms with van der Waals surface area (Å²) in [6.07, 6.45) is 7.41. The molecule has 1 aliphatic heterocycles. The minimum absolute atomic E-state index is 0.107. The number of nitrogens with two attached hydrogens (primary N) is 1. The molecular weight excluding hydrogens is 252 g/mol. The van der Waals surface area contributed by atoms with E-state index in [0.29, 0.717) is 4.99 Å². The lowest BCUT2D eigenvalue weighted by Crippen LogP contribution is -2.56. The topological polar surface area (TPSA) is 55.1 Å². The number of hydrogen-bond donors (Lipinski definition) is 2. The highest BCUT2D eigenvalue weighted by molar-refractivity contribution is 8.00. The Hall–Kier alpha value is -0.290. The van der Waals surface area contributed by atoms with Crippen molar-refractivity contribution < 1.29 is 4.79 Å². The normalized spacial score (nSPS) is 27.6. The molecule has 0 bridgehead atoms. The molecule has 5 heteroatoms. The van der Waals surface area contributed by atoms with Gasteiger partial charge in [-0.05, 0) is 31.4 Å². The van der Waals surface area contributed by atoms with Gasteiger partial charge in [-0.1, -0.05) is 31.5 Å². The van der Waals surface area contributed by atoms with Crippen LogP contribution in [0.15, 0.2) is 0 Å². The van der Waals surface area contributed by atoms with E-state index in [0.717, 1.165) is 44.3 Å². The van der Waals surface area contributed by atoms with Crippen LogP contribution in [0.2, 0.25) is 0 Å². The first-order valence-corrected chi connectivity index (χ1v) is 7.83. The summed E-state index contributed by atoms with van der Waals surface area (Å²) in [7, 11) is 0. The summed E-state index contributed by atoms with van der Waals surface area (Å²) in [5.74, 6) is 1.24. The fourth-order valence-electron chi connectivity index (χ4n) is 2.68. The molecule has 2 rings (SSSR count). The molecule has 1 saturated heterocycles. The maximum Gasteiger partial charge on any atom is 0.233 e. The van der Waals surface area contributed by atoms with Crippen LogP contribution in [0.4, 0.5) is 0 Å². The molecule has 0 aromatic heterocycles. The zero-order valence-corrected chi connectivity index (χ0v) is 11.7. The molecule has 1 atom stereocenters. The standard InChI is InChI=1S/C12H20N2OS2/c13-11(16)12(6-2-3-7-12)14-10(15)9-5-1-4-8-17-9/h9H,1-8H2,(H2,13,16)(H,14,15). The monoisotopic (exact) mass is 272 g/mol. The summed E-state index contributed by atoms with van der Waals surface area (Å²) >= 11 is 6.91. The smallest absolute Gasteiger partial charge is 0.233 e. The number of thioether (sulfide) groups is 1. The first-order valence-electron chi connectivity index (χ1n) is 6.38. The van der Waals surface area contributed by atoms with Crippen LogP contribution in [0.25, 0.3) is 0 Å². The third-order valence-corrected chi connectivity index (χ3v) is 5.53. The molecule has 3 nitrogen and oxygen atoms in total. The second-order valence-corrected chi connectivity index (χ2v) is 6.75. The van der Waals surface area contributed by atoms with E-state index in [1.54, 1.807) is 11.8 Å². The van der Waals surface area contributed by atoms with Gasteiger partial charge in [0.25, 0.3) is 0 Å². The van der Waals surface area contributed by atoms with Gasteiger partial charge < -0.3 is 11.1 Å². The zero-order chi connectivity index (χ0) is 12.3. The van der Waals surface area contributed by atoms with Crippen LogP contribution in [-0.4, -0.2) is 27.4 Å². The number of amides is 1. The Morgan fingerprint density at radius 1 is 1.29 bits per heavy atom. The van der Waals surface area contributed by atoms with Gasteiger partial charge in [0.15, 0.2) is 0 Å². The molecule has 2 aliphatic rings. The SMILES string of the molecule is NC(=S)C1(NC(=O)C2CCCCS2)CCCC1. The van der Waals surface area contributed by atoms with E-state index >= 15 is 0 Å². The number of thiocarbonyl (C=S) groups is 1. The van der Waals surface area contributed by atoms with E-state index in [4.69, 9.17) is 18.0 Å². The zero-order valence-electron chi connectivity index (χ0n) is 10.0. The van der Waals surface area contributed by atoms with E-state index < -0.39 is 0 Å². The van der Waals surface area contributed by atoms with Crippen molar-refractivity contribution in [1.29, 1.82) is 0 Å².